The van der Waals surface area contributed by atoms with Crippen LogP contribution in [0.1, 0.15) is 35.7 Å². The molecule has 1 saturated heterocycles. The van der Waals surface area contributed by atoms with Crippen molar-refractivity contribution in [2.24, 2.45) is 17.4 Å². The van der Waals surface area contributed by atoms with E-state index in [1.165, 1.54) is 0 Å². The van der Waals surface area contributed by atoms with Gasteiger partial charge in [-0.05, 0) is 61.6 Å². The van der Waals surface area contributed by atoms with Gasteiger partial charge in [0.25, 0.3) is 5.91 Å². The zero-order chi connectivity index (χ0) is 26.5. The number of amides is 2. The first-order valence-electron chi connectivity index (χ1n) is 13.1. The van der Waals surface area contributed by atoms with E-state index in [2.05, 4.69) is 5.32 Å². The monoisotopic (exact) mass is 518 g/mol. The average Bonchev–Trinajstić information content (AvgIpc) is 3.34. The molecular formula is C28H34N6O4. The number of primary amides is 1. The van der Waals surface area contributed by atoms with Crippen molar-refractivity contribution < 1.29 is 19.1 Å². The van der Waals surface area contributed by atoms with Gasteiger partial charge >= 0.3 is 0 Å². The molecule has 5 N–H and O–H groups in total. The maximum Gasteiger partial charge on any atom is 0.254 e. The number of hydrogen-bond donors (Lipinski definition) is 3. The summed E-state index contributed by atoms with van der Waals surface area (Å²) in [5.74, 6) is 1.92. The Morgan fingerprint density at radius 2 is 1.71 bits per heavy atom. The third kappa shape index (κ3) is 5.51. The first-order valence-corrected chi connectivity index (χ1v) is 13.1. The molecule has 1 fully saturated rings. The van der Waals surface area contributed by atoms with Gasteiger partial charge < -0.3 is 31.2 Å². The van der Waals surface area contributed by atoms with E-state index in [1.807, 2.05) is 64.2 Å². The number of benzene rings is 2. The van der Waals surface area contributed by atoms with Crippen molar-refractivity contribution in [2.45, 2.75) is 25.3 Å². The Kier molecular flexibility index (Phi) is 7.90. The number of piperidine rings is 1. The van der Waals surface area contributed by atoms with Gasteiger partial charge in [0.05, 0.1) is 12.6 Å². The summed E-state index contributed by atoms with van der Waals surface area (Å²) in [4.78, 5) is 26.9. The molecule has 0 radical (unpaired) electrons. The molecule has 0 aliphatic carbocycles. The molecule has 10 heteroatoms. The number of carbonyl (C=O) groups is 2. The topological polar surface area (TPSA) is 138 Å². The second-order valence-electron chi connectivity index (χ2n) is 9.66. The van der Waals surface area contributed by atoms with Gasteiger partial charge in [0, 0.05) is 31.7 Å². The van der Waals surface area contributed by atoms with Crippen LogP contribution in [0.15, 0.2) is 54.6 Å². The summed E-state index contributed by atoms with van der Waals surface area (Å²) >= 11 is 0. The summed E-state index contributed by atoms with van der Waals surface area (Å²) in [6.45, 7) is 2.93. The van der Waals surface area contributed by atoms with E-state index in [4.69, 9.17) is 26.0 Å². The summed E-state index contributed by atoms with van der Waals surface area (Å²) in [5, 5.41) is 8.27. The highest BCUT2D eigenvalue weighted by Crippen LogP contribution is 2.40. The summed E-state index contributed by atoms with van der Waals surface area (Å²) < 4.78 is 13.2. The van der Waals surface area contributed by atoms with Gasteiger partial charge in [-0.1, -0.05) is 18.2 Å². The van der Waals surface area contributed by atoms with Gasteiger partial charge in [0.1, 0.15) is 35.2 Å². The number of ether oxygens (including phenoxy) is 2. The van der Waals surface area contributed by atoms with Crippen molar-refractivity contribution in [3.63, 3.8) is 0 Å². The van der Waals surface area contributed by atoms with Crippen molar-refractivity contribution in [1.82, 2.24) is 14.7 Å². The lowest BCUT2D eigenvalue weighted by Crippen LogP contribution is -2.43. The van der Waals surface area contributed by atoms with Crippen LogP contribution in [-0.4, -0.2) is 65.9 Å². The molecule has 0 spiro atoms. The smallest absolute Gasteiger partial charge is 0.254 e. The average molecular weight is 519 g/mol. The van der Waals surface area contributed by atoms with E-state index in [9.17, 15) is 9.59 Å². The highest BCUT2D eigenvalue weighted by Gasteiger charge is 2.35. The molecule has 0 unspecified atom stereocenters. The van der Waals surface area contributed by atoms with Crippen molar-refractivity contribution in [3.05, 3.63) is 60.2 Å². The number of nitrogens with zero attached hydrogens (tertiary/aromatic N) is 3. The Balaban J connectivity index is 1.33. The quantitative estimate of drug-likeness (QED) is 0.370. The van der Waals surface area contributed by atoms with Crippen LogP contribution in [0.4, 0.5) is 5.82 Å². The number of fused-ring (bicyclic) bond motifs is 1. The number of hydrogen-bond acceptors (Lipinski definition) is 7. The number of nitrogens with two attached hydrogens (primary N) is 2. The van der Waals surface area contributed by atoms with Gasteiger partial charge in [0.15, 0.2) is 0 Å². The van der Waals surface area contributed by atoms with Crippen LogP contribution in [0.2, 0.25) is 0 Å². The number of para-hydroxylation sites is 1. The van der Waals surface area contributed by atoms with Gasteiger partial charge in [-0.2, -0.15) is 5.10 Å². The van der Waals surface area contributed by atoms with Gasteiger partial charge in [-0.25, -0.2) is 4.68 Å². The van der Waals surface area contributed by atoms with Gasteiger partial charge in [0.2, 0.25) is 5.91 Å². The number of anilines is 1. The van der Waals surface area contributed by atoms with Crippen LogP contribution >= 0.6 is 0 Å². The maximum absolute atomic E-state index is 12.6. The van der Waals surface area contributed by atoms with Crippen LogP contribution in [0, 0.1) is 5.92 Å². The standard InChI is InChI=1S/C28H34N6O4/c29-13-17-37-18-24(35)33-15-11-19(12-16-33)23-10-14-31-28-25(27(30)36)26(32-34(23)28)20-6-8-22(9-7-20)38-21-4-2-1-3-5-21/h1-9,19,23,31H,10-18,29H2,(H2,30,36)/t23-/m0/s1. The van der Waals surface area contributed by atoms with Crippen molar-refractivity contribution >= 4 is 17.6 Å². The molecule has 2 aliphatic heterocycles. The van der Waals surface area contributed by atoms with Crippen molar-refractivity contribution in [3.8, 4) is 22.8 Å². The Morgan fingerprint density at radius 1 is 1.00 bits per heavy atom. The fourth-order valence-electron chi connectivity index (χ4n) is 5.35. The van der Waals surface area contributed by atoms with Crippen molar-refractivity contribution in [1.29, 1.82) is 0 Å². The molecule has 10 nitrogen and oxygen atoms in total. The van der Waals surface area contributed by atoms with Crippen molar-refractivity contribution in [2.75, 3.05) is 44.7 Å². The second kappa shape index (κ2) is 11.7. The number of aromatic nitrogens is 2. The Hall–Kier alpha value is -3.89. The predicted molar refractivity (Wildman–Crippen MR) is 144 cm³/mol. The van der Waals surface area contributed by atoms with Gasteiger partial charge in [-0.3, -0.25) is 9.59 Å². The third-order valence-corrected chi connectivity index (χ3v) is 7.23. The zero-order valence-electron chi connectivity index (χ0n) is 21.3. The Bertz CT molecular complexity index is 1250. The van der Waals surface area contributed by atoms with E-state index in [0.717, 1.165) is 37.1 Å². The minimum Gasteiger partial charge on any atom is -0.457 e. The van der Waals surface area contributed by atoms with Crippen LogP contribution in [0.25, 0.3) is 11.3 Å². The van der Waals surface area contributed by atoms with Crippen LogP contribution < -0.4 is 21.5 Å². The fourth-order valence-corrected chi connectivity index (χ4v) is 5.35. The molecule has 38 heavy (non-hydrogen) atoms. The largest absolute Gasteiger partial charge is 0.457 e. The fraction of sp³-hybridized carbons (Fsp3) is 0.393. The van der Waals surface area contributed by atoms with Gasteiger partial charge in [-0.15, -0.1) is 0 Å². The highest BCUT2D eigenvalue weighted by molar-refractivity contribution is 6.03. The molecule has 5 rings (SSSR count). The molecule has 1 aromatic heterocycles. The molecule has 2 amide bonds. The highest BCUT2D eigenvalue weighted by atomic mass is 16.5. The van der Waals surface area contributed by atoms with E-state index in [1.54, 1.807) is 0 Å². The van der Waals surface area contributed by atoms with Crippen LogP contribution in [0.3, 0.4) is 0 Å². The number of nitrogens with one attached hydrogen (secondary N) is 1. The predicted octanol–water partition coefficient (Wildman–Crippen LogP) is 3.01. The lowest BCUT2D eigenvalue weighted by molar-refractivity contribution is -0.137. The summed E-state index contributed by atoms with van der Waals surface area (Å²) in [6.07, 6.45) is 2.60. The van der Waals surface area contributed by atoms with E-state index in [-0.39, 0.29) is 18.6 Å². The third-order valence-electron chi connectivity index (χ3n) is 7.23. The lowest BCUT2D eigenvalue weighted by Gasteiger charge is -2.38. The second-order valence-corrected chi connectivity index (χ2v) is 9.66. The normalized spacial score (nSPS) is 17.5. The lowest BCUT2D eigenvalue weighted by atomic mass is 9.87. The summed E-state index contributed by atoms with van der Waals surface area (Å²) in [6, 6.07) is 17.2. The van der Waals surface area contributed by atoms with Crippen LogP contribution in [0.5, 0.6) is 11.5 Å². The van der Waals surface area contributed by atoms with E-state index >= 15 is 0 Å². The number of likely N-dealkylation sites (tertiary alicyclic amines) is 1. The molecule has 200 valence electrons. The molecular weight excluding hydrogens is 484 g/mol. The number of rotatable bonds is 9. The molecule has 1 atom stereocenters. The minimum atomic E-state index is -0.517. The zero-order valence-corrected chi connectivity index (χ0v) is 21.3. The Labute approximate surface area is 221 Å². The summed E-state index contributed by atoms with van der Waals surface area (Å²) in [5.41, 5.74) is 13.0. The molecule has 0 saturated carbocycles. The minimum absolute atomic E-state index is 0.0000178. The first kappa shape index (κ1) is 25.7. The van der Waals surface area contributed by atoms with E-state index < -0.39 is 5.91 Å². The molecule has 0 bridgehead atoms. The van der Waals surface area contributed by atoms with E-state index in [0.29, 0.717) is 55.0 Å². The first-order chi connectivity index (χ1) is 18.5. The van der Waals surface area contributed by atoms with Crippen LogP contribution in [-0.2, 0) is 9.53 Å². The summed E-state index contributed by atoms with van der Waals surface area (Å²) in [7, 11) is 0. The maximum atomic E-state index is 12.6. The number of carbonyl (C=O) groups excluding carboxylic acids is 2. The Morgan fingerprint density at radius 3 is 2.39 bits per heavy atom. The molecule has 3 aromatic rings. The molecule has 3 heterocycles. The molecule has 2 aromatic carbocycles. The molecule has 2 aliphatic rings. The SMILES string of the molecule is NCCOCC(=O)N1CCC([C@@H]2CCNc3c(C(N)=O)c(-c4ccc(Oc5ccccc5)cc4)nn32)CC1.